The smallest absolute Gasteiger partial charge is 0.192 e. The molecular weight excluding hydrogens is 218 g/mol. The van der Waals surface area contributed by atoms with Crippen LogP contribution in [-0.2, 0) is 4.43 Å². The van der Waals surface area contributed by atoms with E-state index in [4.69, 9.17) is 10.2 Å². The van der Waals surface area contributed by atoms with Crippen molar-refractivity contribution >= 4 is 14.3 Å². The molecule has 0 bridgehead atoms. The van der Waals surface area contributed by atoms with Crippen molar-refractivity contribution < 1.29 is 4.43 Å². The molecule has 1 aliphatic rings. The normalized spacial score (nSPS) is 23.9. The zero-order chi connectivity index (χ0) is 12.6. The first-order valence-corrected chi connectivity index (χ1v) is 8.79. The zero-order valence-electron chi connectivity index (χ0n) is 11.3. The van der Waals surface area contributed by atoms with Crippen LogP contribution in [0.2, 0.25) is 18.1 Å². The lowest BCUT2D eigenvalue weighted by Gasteiger charge is -2.39. The van der Waals surface area contributed by atoms with Gasteiger partial charge in [0.2, 0.25) is 0 Å². The van der Waals surface area contributed by atoms with Gasteiger partial charge in [-0.15, -0.1) is 0 Å². The van der Waals surface area contributed by atoms with E-state index in [-0.39, 0.29) is 17.2 Å². The number of guanidine groups is 1. The molecule has 0 radical (unpaired) electrons. The molecule has 1 aliphatic heterocycles. The van der Waals surface area contributed by atoms with Crippen molar-refractivity contribution in [1.29, 1.82) is 0 Å². The molecule has 94 valence electrons. The van der Waals surface area contributed by atoms with Crippen LogP contribution in [0.15, 0.2) is 4.99 Å². The number of nitrogens with zero attached hydrogens (tertiary/aromatic N) is 1. The third-order valence-electron chi connectivity index (χ3n) is 3.63. The number of rotatable bonds is 3. The summed E-state index contributed by atoms with van der Waals surface area (Å²) in [5.74, 6) is 0.538. The highest BCUT2D eigenvalue weighted by molar-refractivity contribution is 6.74. The first-order chi connectivity index (χ1) is 7.13. The van der Waals surface area contributed by atoms with Crippen LogP contribution >= 0.6 is 0 Å². The van der Waals surface area contributed by atoms with Crippen LogP contribution in [0, 0.1) is 0 Å². The van der Waals surface area contributed by atoms with Gasteiger partial charge in [-0.25, -0.2) is 4.99 Å². The Kier molecular flexibility index (Phi) is 3.69. The highest BCUT2D eigenvalue weighted by Gasteiger charge is 2.40. The van der Waals surface area contributed by atoms with Gasteiger partial charge < -0.3 is 15.5 Å². The average Bonchev–Trinajstić information content (AvgIpc) is 2.48. The van der Waals surface area contributed by atoms with Crippen molar-refractivity contribution in [1.82, 2.24) is 5.32 Å². The van der Waals surface area contributed by atoms with E-state index in [9.17, 15) is 0 Å². The molecule has 0 aromatic heterocycles. The minimum absolute atomic E-state index is 0.134. The fourth-order valence-electron chi connectivity index (χ4n) is 1.47. The molecule has 1 rings (SSSR count). The van der Waals surface area contributed by atoms with Crippen LogP contribution in [0.3, 0.4) is 0 Å². The van der Waals surface area contributed by atoms with Gasteiger partial charge in [0, 0.05) is 6.54 Å². The number of nitrogens with one attached hydrogen (secondary N) is 1. The van der Waals surface area contributed by atoms with Gasteiger partial charge in [0.25, 0.3) is 0 Å². The van der Waals surface area contributed by atoms with Gasteiger partial charge in [0.1, 0.15) is 0 Å². The molecule has 0 aliphatic carbocycles. The predicted molar refractivity (Wildman–Crippen MR) is 71.2 cm³/mol. The fourth-order valence-corrected chi connectivity index (χ4v) is 2.91. The van der Waals surface area contributed by atoms with E-state index in [2.05, 4.69) is 51.1 Å². The van der Waals surface area contributed by atoms with Crippen molar-refractivity contribution in [2.45, 2.75) is 58.0 Å². The second kappa shape index (κ2) is 4.37. The topological polar surface area (TPSA) is 59.6 Å². The van der Waals surface area contributed by atoms with Crippen LogP contribution in [0.5, 0.6) is 0 Å². The molecule has 0 fully saturated rings. The van der Waals surface area contributed by atoms with Crippen LogP contribution in [0.4, 0.5) is 0 Å². The van der Waals surface area contributed by atoms with Crippen LogP contribution < -0.4 is 11.1 Å². The number of hydrogen-bond donors (Lipinski definition) is 2. The quantitative estimate of drug-likeness (QED) is 0.742. The van der Waals surface area contributed by atoms with E-state index >= 15 is 0 Å². The number of nitrogens with two attached hydrogens (primary N) is 1. The minimum atomic E-state index is -1.70. The van der Waals surface area contributed by atoms with Gasteiger partial charge in [0.05, 0.1) is 12.1 Å². The van der Waals surface area contributed by atoms with E-state index in [1.54, 1.807) is 0 Å². The monoisotopic (exact) mass is 243 g/mol. The largest absolute Gasteiger partial charge is 0.412 e. The molecule has 1 heterocycles. The third-order valence-corrected chi connectivity index (χ3v) is 8.20. The lowest BCUT2D eigenvalue weighted by molar-refractivity contribution is 0.174. The lowest BCUT2D eigenvalue weighted by atomic mass is 10.2. The van der Waals surface area contributed by atoms with Crippen molar-refractivity contribution in [3.05, 3.63) is 0 Å². The molecule has 16 heavy (non-hydrogen) atoms. The van der Waals surface area contributed by atoms with E-state index < -0.39 is 8.32 Å². The van der Waals surface area contributed by atoms with Crippen molar-refractivity contribution in [3.63, 3.8) is 0 Å². The highest BCUT2D eigenvalue weighted by Crippen LogP contribution is 2.37. The Labute approximate surface area is 99.8 Å². The van der Waals surface area contributed by atoms with Crippen molar-refractivity contribution in [2.24, 2.45) is 10.7 Å². The predicted octanol–water partition coefficient (Wildman–Crippen LogP) is 1.68. The Morgan fingerprint density at radius 2 is 2.06 bits per heavy atom. The summed E-state index contributed by atoms with van der Waals surface area (Å²) >= 11 is 0. The maximum Gasteiger partial charge on any atom is 0.192 e. The van der Waals surface area contributed by atoms with Gasteiger partial charge >= 0.3 is 0 Å². The molecule has 0 saturated heterocycles. The summed E-state index contributed by atoms with van der Waals surface area (Å²) < 4.78 is 6.27. The molecule has 0 aromatic rings. The van der Waals surface area contributed by atoms with Crippen molar-refractivity contribution in [3.8, 4) is 0 Å². The summed E-state index contributed by atoms with van der Waals surface area (Å²) in [7, 11) is -1.70. The van der Waals surface area contributed by atoms with Crippen LogP contribution in [-0.4, -0.2) is 33.0 Å². The molecule has 5 heteroatoms. The molecule has 0 aromatic carbocycles. The van der Waals surface area contributed by atoms with E-state index in [1.807, 2.05) is 0 Å². The molecule has 0 spiro atoms. The Balaban J connectivity index is 2.61. The van der Waals surface area contributed by atoms with E-state index in [1.165, 1.54) is 0 Å². The molecule has 0 amide bonds. The summed E-state index contributed by atoms with van der Waals surface area (Å²) in [5, 5.41) is 3.28. The summed E-state index contributed by atoms with van der Waals surface area (Å²) in [6, 6.07) is 0.161. The SMILES string of the molecule is C[C@H](O[Si](C)(C)C(C)(C)C)[C@H]1CNC(N)=N1. The average molecular weight is 243 g/mol. The number of hydrogen-bond acceptors (Lipinski definition) is 4. The molecule has 3 N–H and O–H groups in total. The Hall–Kier alpha value is -0.553. The van der Waals surface area contributed by atoms with Crippen LogP contribution in [0.25, 0.3) is 0 Å². The molecule has 4 nitrogen and oxygen atoms in total. The first kappa shape index (κ1) is 13.5. The summed E-state index contributed by atoms with van der Waals surface area (Å²) in [4.78, 5) is 4.34. The third kappa shape index (κ3) is 2.98. The van der Waals surface area contributed by atoms with Gasteiger partial charge in [0.15, 0.2) is 14.3 Å². The fraction of sp³-hybridized carbons (Fsp3) is 0.909. The Morgan fingerprint density at radius 1 is 1.50 bits per heavy atom. The Morgan fingerprint density at radius 3 is 2.44 bits per heavy atom. The maximum atomic E-state index is 6.27. The lowest BCUT2D eigenvalue weighted by Crippen LogP contribution is -2.46. The van der Waals surface area contributed by atoms with Gasteiger partial charge in [-0.05, 0) is 25.1 Å². The molecule has 0 saturated carbocycles. The highest BCUT2D eigenvalue weighted by atomic mass is 28.4. The van der Waals surface area contributed by atoms with Gasteiger partial charge in [-0.2, -0.15) is 0 Å². The van der Waals surface area contributed by atoms with Gasteiger partial charge in [-0.3, -0.25) is 0 Å². The first-order valence-electron chi connectivity index (χ1n) is 5.88. The Bertz CT molecular complexity index is 283. The second-order valence-electron chi connectivity index (χ2n) is 6.05. The van der Waals surface area contributed by atoms with Crippen LogP contribution in [0.1, 0.15) is 27.7 Å². The van der Waals surface area contributed by atoms with Crippen molar-refractivity contribution in [2.75, 3.05) is 6.54 Å². The summed E-state index contributed by atoms with van der Waals surface area (Å²) in [5.41, 5.74) is 5.61. The standard InChI is InChI=1S/C11H25N3OSi/c1-8(9-7-13-10(12)14-9)15-16(5,6)11(2,3)4/h8-9H,7H2,1-6H3,(H3,12,13,14)/t8-,9+/m0/s1. The summed E-state index contributed by atoms with van der Waals surface area (Å²) in [6.07, 6.45) is 0.134. The van der Waals surface area contributed by atoms with E-state index in [0.717, 1.165) is 6.54 Å². The zero-order valence-corrected chi connectivity index (χ0v) is 12.3. The van der Waals surface area contributed by atoms with Gasteiger partial charge in [-0.1, -0.05) is 20.8 Å². The second-order valence-corrected chi connectivity index (χ2v) is 10.8. The number of aliphatic imine (C=N–C) groups is 1. The summed E-state index contributed by atoms with van der Waals surface area (Å²) in [6.45, 7) is 14.2. The molecular formula is C11H25N3OSi. The molecule has 0 unspecified atom stereocenters. The maximum absolute atomic E-state index is 6.27. The van der Waals surface area contributed by atoms with E-state index in [0.29, 0.717) is 5.96 Å². The minimum Gasteiger partial charge on any atom is -0.412 e. The molecule has 2 atom stereocenters.